The molecule has 1 aliphatic rings. The van der Waals surface area contributed by atoms with Gasteiger partial charge in [0.25, 0.3) is 0 Å². The number of hydrogen-bond acceptors (Lipinski definition) is 4. The number of rotatable bonds is 3. The van der Waals surface area contributed by atoms with E-state index in [0.29, 0.717) is 16.4 Å². The van der Waals surface area contributed by atoms with Crippen LogP contribution in [0.15, 0.2) is 6.20 Å². The maximum Gasteiger partial charge on any atom is 0.180 e. The lowest BCUT2D eigenvalue weighted by atomic mass is 9.92. The van der Waals surface area contributed by atoms with Crippen LogP contribution >= 0.6 is 11.3 Å². The van der Waals surface area contributed by atoms with Crippen molar-refractivity contribution in [3.05, 3.63) is 11.1 Å². The second-order valence-corrected chi connectivity index (χ2v) is 5.67. The molecular weight excluding hydrogens is 225 g/mol. The number of nitrogens with two attached hydrogens (primary N) is 1. The van der Waals surface area contributed by atoms with Crippen molar-refractivity contribution in [3.8, 4) is 0 Å². The van der Waals surface area contributed by atoms with E-state index in [1.807, 2.05) is 0 Å². The molecule has 5 heteroatoms. The molecule has 0 radical (unpaired) electrons. The summed E-state index contributed by atoms with van der Waals surface area (Å²) in [5.41, 5.74) is 4.22. The van der Waals surface area contributed by atoms with Gasteiger partial charge in [0.1, 0.15) is 5.67 Å². The standard InChI is InChI=1S/C11H18FN3S/c1-11(12,9-7-15-10(13)16-9)6-8-4-2-3-5-14-8/h7-8,14H,2-6H2,1H3,(H2,13,15). The van der Waals surface area contributed by atoms with E-state index in [0.717, 1.165) is 13.0 Å². The lowest BCUT2D eigenvalue weighted by Gasteiger charge is -2.29. The van der Waals surface area contributed by atoms with Crippen LogP contribution in [0, 0.1) is 0 Å². The molecule has 0 saturated carbocycles. The molecule has 2 unspecified atom stereocenters. The summed E-state index contributed by atoms with van der Waals surface area (Å²) in [4.78, 5) is 4.55. The summed E-state index contributed by atoms with van der Waals surface area (Å²) in [7, 11) is 0. The molecule has 16 heavy (non-hydrogen) atoms. The Kier molecular flexibility index (Phi) is 3.44. The summed E-state index contributed by atoms with van der Waals surface area (Å²) in [5, 5.41) is 3.80. The Morgan fingerprint density at radius 2 is 2.50 bits per heavy atom. The van der Waals surface area contributed by atoms with Crippen molar-refractivity contribution in [2.45, 2.75) is 44.3 Å². The largest absolute Gasteiger partial charge is 0.375 e. The topological polar surface area (TPSA) is 50.9 Å². The molecule has 3 nitrogen and oxygen atoms in total. The van der Waals surface area contributed by atoms with Gasteiger partial charge in [-0.25, -0.2) is 9.37 Å². The molecule has 2 rings (SSSR count). The van der Waals surface area contributed by atoms with Crippen LogP contribution in [0.2, 0.25) is 0 Å². The van der Waals surface area contributed by atoms with Crippen molar-refractivity contribution in [1.29, 1.82) is 0 Å². The average molecular weight is 243 g/mol. The van der Waals surface area contributed by atoms with Gasteiger partial charge in [-0.05, 0) is 26.3 Å². The van der Waals surface area contributed by atoms with E-state index in [9.17, 15) is 4.39 Å². The molecule has 1 aliphatic heterocycles. The summed E-state index contributed by atoms with van der Waals surface area (Å²) >= 11 is 1.25. The molecule has 3 N–H and O–H groups in total. The molecular formula is C11H18FN3S. The van der Waals surface area contributed by atoms with Gasteiger partial charge in [-0.1, -0.05) is 17.8 Å². The first-order valence-corrected chi connectivity index (χ1v) is 6.54. The quantitative estimate of drug-likeness (QED) is 0.857. The number of nitrogens with zero attached hydrogens (tertiary/aromatic N) is 1. The van der Waals surface area contributed by atoms with Gasteiger partial charge < -0.3 is 11.1 Å². The maximum absolute atomic E-state index is 14.5. The minimum absolute atomic E-state index is 0.284. The molecule has 0 spiro atoms. The zero-order chi connectivity index (χ0) is 11.6. The Balaban J connectivity index is 2.01. The van der Waals surface area contributed by atoms with Gasteiger partial charge in [-0.15, -0.1) is 0 Å². The molecule has 0 aromatic carbocycles. The Bertz CT molecular complexity index is 345. The first kappa shape index (κ1) is 11.8. The van der Waals surface area contributed by atoms with Gasteiger partial charge in [0.05, 0.1) is 4.88 Å². The number of halogens is 1. The van der Waals surface area contributed by atoms with Gasteiger partial charge in [-0.3, -0.25) is 0 Å². The molecule has 0 bridgehead atoms. The van der Waals surface area contributed by atoms with Crippen LogP contribution in [0.5, 0.6) is 0 Å². The Hall–Kier alpha value is -0.680. The fourth-order valence-corrected chi connectivity index (χ4v) is 2.92. The number of alkyl halides is 1. The molecule has 2 heterocycles. The lowest BCUT2D eigenvalue weighted by molar-refractivity contribution is 0.150. The van der Waals surface area contributed by atoms with Gasteiger partial charge in [0, 0.05) is 18.7 Å². The van der Waals surface area contributed by atoms with Crippen molar-refractivity contribution in [2.24, 2.45) is 0 Å². The number of hydrogen-bond donors (Lipinski definition) is 2. The summed E-state index contributed by atoms with van der Waals surface area (Å²) < 4.78 is 14.5. The fourth-order valence-electron chi connectivity index (χ4n) is 2.19. The second-order valence-electron chi connectivity index (χ2n) is 4.61. The minimum Gasteiger partial charge on any atom is -0.375 e. The molecule has 1 aromatic rings. The highest BCUT2D eigenvalue weighted by Crippen LogP contribution is 2.36. The van der Waals surface area contributed by atoms with E-state index in [1.165, 1.54) is 24.2 Å². The maximum atomic E-state index is 14.5. The van der Waals surface area contributed by atoms with Crippen LogP contribution in [-0.2, 0) is 5.67 Å². The third kappa shape index (κ3) is 2.71. The van der Waals surface area contributed by atoms with Gasteiger partial charge in [0.2, 0.25) is 0 Å². The zero-order valence-electron chi connectivity index (χ0n) is 9.50. The van der Waals surface area contributed by atoms with E-state index >= 15 is 0 Å². The van der Waals surface area contributed by atoms with Crippen LogP contribution in [0.1, 0.15) is 37.5 Å². The van der Waals surface area contributed by atoms with Crippen LogP contribution in [-0.4, -0.2) is 17.6 Å². The summed E-state index contributed by atoms with van der Waals surface area (Å²) in [6.07, 6.45) is 5.52. The second kappa shape index (κ2) is 4.67. The van der Waals surface area contributed by atoms with Gasteiger partial charge >= 0.3 is 0 Å². The number of nitrogens with one attached hydrogen (secondary N) is 1. The summed E-state index contributed by atoms with van der Waals surface area (Å²) in [6, 6.07) is 0.284. The van der Waals surface area contributed by atoms with Gasteiger partial charge in [0.15, 0.2) is 5.13 Å². The fraction of sp³-hybridized carbons (Fsp3) is 0.727. The summed E-state index contributed by atoms with van der Waals surface area (Å²) in [5.74, 6) is 0. The highest BCUT2D eigenvalue weighted by Gasteiger charge is 2.32. The molecule has 2 atom stereocenters. The predicted octanol–water partition coefficient (Wildman–Crippen LogP) is 2.44. The molecule has 0 amide bonds. The first-order chi connectivity index (χ1) is 7.58. The molecule has 0 aliphatic carbocycles. The monoisotopic (exact) mass is 243 g/mol. The van der Waals surface area contributed by atoms with Crippen LogP contribution in [0.3, 0.4) is 0 Å². The highest BCUT2D eigenvalue weighted by molar-refractivity contribution is 7.15. The Labute approximate surface area is 99.3 Å². The predicted molar refractivity (Wildman–Crippen MR) is 65.2 cm³/mol. The van der Waals surface area contributed by atoms with E-state index in [-0.39, 0.29) is 6.04 Å². The van der Waals surface area contributed by atoms with Crippen molar-refractivity contribution < 1.29 is 4.39 Å². The first-order valence-electron chi connectivity index (χ1n) is 5.72. The number of piperidine rings is 1. The van der Waals surface area contributed by atoms with Crippen LogP contribution in [0.4, 0.5) is 9.52 Å². The van der Waals surface area contributed by atoms with Gasteiger partial charge in [-0.2, -0.15) is 0 Å². The molecule has 1 fully saturated rings. The SMILES string of the molecule is CC(F)(CC1CCCCN1)c1cnc(N)s1. The highest BCUT2D eigenvalue weighted by atomic mass is 32.1. The van der Waals surface area contributed by atoms with E-state index in [2.05, 4.69) is 10.3 Å². The number of nitrogen functional groups attached to an aromatic ring is 1. The Morgan fingerprint density at radius 1 is 1.69 bits per heavy atom. The molecule has 1 aromatic heterocycles. The van der Waals surface area contributed by atoms with Crippen molar-refractivity contribution in [2.75, 3.05) is 12.3 Å². The van der Waals surface area contributed by atoms with Crippen molar-refractivity contribution in [1.82, 2.24) is 10.3 Å². The van der Waals surface area contributed by atoms with Crippen LogP contribution in [0.25, 0.3) is 0 Å². The van der Waals surface area contributed by atoms with Crippen molar-refractivity contribution in [3.63, 3.8) is 0 Å². The smallest absolute Gasteiger partial charge is 0.180 e. The third-order valence-electron chi connectivity index (χ3n) is 3.08. The van der Waals surface area contributed by atoms with E-state index in [1.54, 1.807) is 13.1 Å². The average Bonchev–Trinajstić information content (AvgIpc) is 2.66. The Morgan fingerprint density at radius 3 is 3.06 bits per heavy atom. The van der Waals surface area contributed by atoms with E-state index in [4.69, 9.17) is 5.73 Å². The molecule has 1 saturated heterocycles. The number of thiazole rings is 1. The number of anilines is 1. The van der Waals surface area contributed by atoms with Crippen molar-refractivity contribution >= 4 is 16.5 Å². The number of aromatic nitrogens is 1. The summed E-state index contributed by atoms with van der Waals surface area (Å²) in [6.45, 7) is 2.63. The normalized spacial score (nSPS) is 25.2. The van der Waals surface area contributed by atoms with Crippen LogP contribution < -0.4 is 11.1 Å². The van der Waals surface area contributed by atoms with E-state index < -0.39 is 5.67 Å². The third-order valence-corrected chi connectivity index (χ3v) is 4.14. The minimum atomic E-state index is -1.32. The lowest BCUT2D eigenvalue weighted by Crippen LogP contribution is -2.38. The zero-order valence-corrected chi connectivity index (χ0v) is 10.3. The molecule has 90 valence electrons.